The number of carbonyl (C=O) groups excluding carboxylic acids is 3. The summed E-state index contributed by atoms with van der Waals surface area (Å²) in [4.78, 5) is 45.4. The molecule has 0 unspecified atom stereocenters. The van der Waals surface area contributed by atoms with Crippen molar-refractivity contribution in [3.05, 3.63) is 48.0 Å². The molecule has 180 valence electrons. The lowest BCUT2D eigenvalue weighted by Gasteiger charge is -2.34. The third kappa shape index (κ3) is 4.25. The molecule has 5 rings (SSSR count). The van der Waals surface area contributed by atoms with Crippen LogP contribution in [0.1, 0.15) is 48.3 Å². The van der Waals surface area contributed by atoms with E-state index in [2.05, 4.69) is 10.3 Å². The number of likely N-dealkylation sites (tertiary alicyclic amines) is 1. The van der Waals surface area contributed by atoms with Gasteiger partial charge < -0.3 is 19.5 Å². The molecule has 4 atom stereocenters. The average molecular weight is 485 g/mol. The van der Waals surface area contributed by atoms with E-state index < -0.39 is 23.6 Å². The van der Waals surface area contributed by atoms with E-state index in [-0.39, 0.29) is 36.7 Å². The van der Waals surface area contributed by atoms with Crippen LogP contribution in [0.4, 0.5) is 0 Å². The highest BCUT2D eigenvalue weighted by Gasteiger charge is 2.53. The zero-order chi connectivity index (χ0) is 23.8. The summed E-state index contributed by atoms with van der Waals surface area (Å²) in [5, 5.41) is 2.59. The van der Waals surface area contributed by atoms with Crippen molar-refractivity contribution in [1.29, 1.82) is 0 Å². The van der Waals surface area contributed by atoms with Gasteiger partial charge in [-0.2, -0.15) is 0 Å². The Kier molecular flexibility index (Phi) is 6.44. The summed E-state index contributed by atoms with van der Waals surface area (Å²) in [6, 6.07) is 5.89. The molecule has 0 bridgehead atoms. The van der Waals surface area contributed by atoms with Gasteiger partial charge in [0.05, 0.1) is 5.38 Å². The highest BCUT2D eigenvalue weighted by molar-refractivity contribution is 6.22. The van der Waals surface area contributed by atoms with Crippen LogP contribution in [0.15, 0.2) is 36.7 Å². The highest BCUT2D eigenvalue weighted by atomic mass is 35.5. The number of benzene rings is 1. The Morgan fingerprint density at radius 1 is 1.24 bits per heavy atom. The Balaban J connectivity index is 1.40. The van der Waals surface area contributed by atoms with E-state index in [4.69, 9.17) is 16.3 Å². The van der Waals surface area contributed by atoms with E-state index in [0.29, 0.717) is 5.56 Å². The molecule has 2 amide bonds. The number of ketones is 1. The zero-order valence-electron chi connectivity index (χ0n) is 19.2. The number of hydrogen-bond donors (Lipinski definition) is 1. The van der Waals surface area contributed by atoms with Gasteiger partial charge in [0.25, 0.3) is 5.91 Å². The van der Waals surface area contributed by atoms with E-state index in [1.807, 2.05) is 29.8 Å². The summed E-state index contributed by atoms with van der Waals surface area (Å²) < 4.78 is 7.45. The molecule has 34 heavy (non-hydrogen) atoms. The number of alkyl halides is 1. The molecule has 8 nitrogen and oxygen atoms in total. The van der Waals surface area contributed by atoms with Crippen LogP contribution in [0.25, 0.3) is 5.69 Å². The monoisotopic (exact) mass is 484 g/mol. The van der Waals surface area contributed by atoms with Gasteiger partial charge in [-0.05, 0) is 43.9 Å². The molecule has 9 heteroatoms. The number of halogens is 1. The number of rotatable bonds is 5. The van der Waals surface area contributed by atoms with Crippen molar-refractivity contribution >= 4 is 29.2 Å². The fourth-order valence-electron chi connectivity index (χ4n) is 5.52. The Bertz CT molecular complexity index is 1100. The molecular weight excluding hydrogens is 456 g/mol. The van der Waals surface area contributed by atoms with Gasteiger partial charge in [-0.15, -0.1) is 11.6 Å². The molecule has 3 heterocycles. The van der Waals surface area contributed by atoms with Gasteiger partial charge >= 0.3 is 0 Å². The lowest BCUT2D eigenvalue weighted by atomic mass is 9.83. The Labute approximate surface area is 203 Å². The second-order valence-electron chi connectivity index (χ2n) is 9.44. The number of carbonyl (C=O) groups is 3. The number of Topliss-reactive ketones (excluding diaryl/α,β-unsaturated/α-hetero) is 1. The SMILES string of the molecule is Cc1nccn1-c1cccc(C(=O)N[C@H](C(=O)N2C[C@H](Cl)[C@H]3OCC(=O)[C@H]32)C2CCCCC2)c1. The predicted octanol–water partition coefficient (Wildman–Crippen LogP) is 2.65. The van der Waals surface area contributed by atoms with Crippen LogP contribution in [0, 0.1) is 12.8 Å². The van der Waals surface area contributed by atoms with Crippen molar-refractivity contribution in [3.63, 3.8) is 0 Å². The van der Waals surface area contributed by atoms with Crippen LogP contribution >= 0.6 is 11.6 Å². The summed E-state index contributed by atoms with van der Waals surface area (Å²) in [5.74, 6) is 0.165. The number of nitrogens with zero attached hydrogens (tertiary/aromatic N) is 3. The summed E-state index contributed by atoms with van der Waals surface area (Å²) >= 11 is 6.42. The summed E-state index contributed by atoms with van der Waals surface area (Å²) in [5.41, 5.74) is 1.29. The molecule has 2 aromatic rings. The van der Waals surface area contributed by atoms with Crippen LogP contribution in [0.5, 0.6) is 0 Å². The Morgan fingerprint density at radius 3 is 2.76 bits per heavy atom. The molecule has 3 aliphatic rings. The van der Waals surface area contributed by atoms with E-state index in [0.717, 1.165) is 43.6 Å². The molecule has 2 aliphatic heterocycles. The molecule has 3 fully saturated rings. The van der Waals surface area contributed by atoms with E-state index in [9.17, 15) is 14.4 Å². The van der Waals surface area contributed by atoms with Crippen molar-refractivity contribution in [2.75, 3.05) is 13.2 Å². The quantitative estimate of drug-likeness (QED) is 0.658. The highest BCUT2D eigenvalue weighted by Crippen LogP contribution is 2.34. The van der Waals surface area contributed by atoms with Crippen molar-refractivity contribution < 1.29 is 19.1 Å². The van der Waals surface area contributed by atoms with Crippen LogP contribution in [0.3, 0.4) is 0 Å². The van der Waals surface area contributed by atoms with Gasteiger partial charge in [0.1, 0.15) is 30.6 Å². The van der Waals surface area contributed by atoms with Gasteiger partial charge in [0.2, 0.25) is 5.91 Å². The fourth-order valence-corrected chi connectivity index (χ4v) is 5.88. The Hall–Kier alpha value is -2.71. The third-order valence-electron chi connectivity index (χ3n) is 7.29. The Morgan fingerprint density at radius 2 is 2.03 bits per heavy atom. The summed E-state index contributed by atoms with van der Waals surface area (Å²) in [6.07, 6.45) is 7.97. The molecule has 2 saturated heterocycles. The van der Waals surface area contributed by atoms with Crippen LogP contribution in [-0.2, 0) is 14.3 Å². The van der Waals surface area contributed by atoms with Gasteiger partial charge in [-0.25, -0.2) is 4.98 Å². The molecule has 1 aromatic heterocycles. The average Bonchev–Trinajstić information content (AvgIpc) is 3.55. The van der Waals surface area contributed by atoms with Gasteiger partial charge in [-0.3, -0.25) is 14.4 Å². The lowest BCUT2D eigenvalue weighted by molar-refractivity contribution is -0.139. The normalized spacial score (nSPS) is 25.9. The number of fused-ring (bicyclic) bond motifs is 1. The van der Waals surface area contributed by atoms with Crippen molar-refractivity contribution in [2.45, 2.75) is 62.6 Å². The van der Waals surface area contributed by atoms with Crippen molar-refractivity contribution in [2.24, 2.45) is 5.92 Å². The smallest absolute Gasteiger partial charge is 0.252 e. The first-order valence-corrected chi connectivity index (χ1v) is 12.4. The molecule has 1 aromatic carbocycles. The van der Waals surface area contributed by atoms with E-state index in [1.165, 1.54) is 0 Å². The minimum Gasteiger partial charge on any atom is -0.366 e. The molecule has 1 N–H and O–H groups in total. The maximum atomic E-state index is 13.8. The second kappa shape index (κ2) is 9.50. The van der Waals surface area contributed by atoms with Crippen LogP contribution < -0.4 is 5.32 Å². The topological polar surface area (TPSA) is 93.5 Å². The largest absolute Gasteiger partial charge is 0.366 e. The van der Waals surface area contributed by atoms with Gasteiger partial charge in [-0.1, -0.05) is 25.3 Å². The number of aryl methyl sites for hydroxylation is 1. The molecule has 0 radical (unpaired) electrons. The van der Waals surface area contributed by atoms with Crippen LogP contribution in [0.2, 0.25) is 0 Å². The second-order valence-corrected chi connectivity index (χ2v) is 10.00. The first kappa shape index (κ1) is 23.1. The summed E-state index contributed by atoms with van der Waals surface area (Å²) in [7, 11) is 0. The third-order valence-corrected chi connectivity index (χ3v) is 7.68. The van der Waals surface area contributed by atoms with E-state index >= 15 is 0 Å². The predicted molar refractivity (Wildman–Crippen MR) is 126 cm³/mol. The molecular formula is C25H29ClN4O4. The molecule has 1 saturated carbocycles. The number of nitrogens with one attached hydrogen (secondary N) is 1. The van der Waals surface area contributed by atoms with Crippen LogP contribution in [-0.4, -0.2) is 68.8 Å². The summed E-state index contributed by atoms with van der Waals surface area (Å²) in [6.45, 7) is 2.12. The number of imidazole rings is 1. The zero-order valence-corrected chi connectivity index (χ0v) is 19.9. The minimum atomic E-state index is -0.706. The minimum absolute atomic E-state index is 0.0227. The fraction of sp³-hybridized carbons (Fsp3) is 0.520. The number of ether oxygens (including phenoxy) is 1. The number of aromatic nitrogens is 2. The first-order chi connectivity index (χ1) is 16.4. The van der Waals surface area contributed by atoms with Gasteiger partial charge in [0.15, 0.2) is 5.78 Å². The maximum Gasteiger partial charge on any atom is 0.252 e. The van der Waals surface area contributed by atoms with E-state index in [1.54, 1.807) is 23.2 Å². The maximum absolute atomic E-state index is 13.8. The molecule has 1 aliphatic carbocycles. The standard InChI is InChI=1S/C25H29ClN4O4/c1-15-27-10-11-29(15)18-9-5-8-17(12-18)24(32)28-21(16-6-3-2-4-7-16)25(33)30-13-19(26)23-22(30)20(31)14-34-23/h5,8-12,16,19,21-23H,2-4,6-7,13-14H2,1H3,(H,28,32)/t19-,21-,22+,23+/m0/s1. The van der Waals surface area contributed by atoms with Gasteiger partial charge in [0, 0.05) is 30.2 Å². The number of amides is 2. The molecule has 0 spiro atoms. The van der Waals surface area contributed by atoms with Crippen molar-refractivity contribution in [1.82, 2.24) is 19.8 Å². The number of hydrogen-bond acceptors (Lipinski definition) is 5. The van der Waals surface area contributed by atoms with Crippen molar-refractivity contribution in [3.8, 4) is 5.69 Å². The lowest BCUT2D eigenvalue weighted by Crippen LogP contribution is -2.55. The first-order valence-electron chi connectivity index (χ1n) is 11.9.